The molecule has 0 radical (unpaired) electrons. The molecule has 128 valence electrons. The van der Waals surface area contributed by atoms with Gasteiger partial charge in [0.25, 0.3) is 0 Å². The minimum atomic E-state index is -4.61. The molecule has 4 nitrogen and oxygen atoms in total. The second-order valence-corrected chi connectivity index (χ2v) is 6.71. The second-order valence-electron chi connectivity index (χ2n) is 4.79. The third kappa shape index (κ3) is 3.91. The smallest absolute Gasteiger partial charge is 0.341 e. The lowest BCUT2D eigenvalue weighted by Gasteiger charge is -2.11. The Morgan fingerprint density at radius 3 is 2.25 bits per heavy atom. The van der Waals surface area contributed by atoms with Crippen LogP contribution in [0.2, 0.25) is 0 Å². The third-order valence-corrected chi connectivity index (χ3v) is 4.56. The molecule has 0 bridgehead atoms. The molecule has 2 aromatic rings. The van der Waals surface area contributed by atoms with Gasteiger partial charge in [0.15, 0.2) is 11.5 Å². The SMILES string of the molecule is C/C=C/c1ccc(Oc2ccc(S(=O)(=O)C(F)F)cc2)c(OC)c1. The summed E-state index contributed by atoms with van der Waals surface area (Å²) in [5.41, 5.74) is 0.931. The van der Waals surface area contributed by atoms with Crippen LogP contribution in [-0.4, -0.2) is 21.3 Å². The molecule has 0 fully saturated rings. The monoisotopic (exact) mass is 354 g/mol. The first kappa shape index (κ1) is 17.9. The molecule has 0 aliphatic heterocycles. The van der Waals surface area contributed by atoms with E-state index in [1.807, 2.05) is 25.1 Å². The average molecular weight is 354 g/mol. The maximum atomic E-state index is 12.5. The molecule has 0 N–H and O–H groups in total. The standard InChI is InChI=1S/C17H16F2O4S/c1-3-4-12-5-10-15(16(11-12)22-2)23-13-6-8-14(9-7-13)24(20,21)17(18)19/h3-11,17H,1-2H3/b4-3+. The summed E-state index contributed by atoms with van der Waals surface area (Å²) in [6.45, 7) is 1.89. The Bertz CT molecular complexity index is 828. The molecule has 0 aliphatic rings. The van der Waals surface area contributed by atoms with Crippen molar-refractivity contribution in [3.8, 4) is 17.2 Å². The van der Waals surface area contributed by atoms with Gasteiger partial charge in [-0.2, -0.15) is 8.78 Å². The van der Waals surface area contributed by atoms with Gasteiger partial charge in [-0.25, -0.2) is 8.42 Å². The van der Waals surface area contributed by atoms with Crippen molar-refractivity contribution in [1.29, 1.82) is 0 Å². The topological polar surface area (TPSA) is 52.6 Å². The van der Waals surface area contributed by atoms with Crippen LogP contribution >= 0.6 is 0 Å². The lowest BCUT2D eigenvalue weighted by atomic mass is 10.2. The number of hydrogen-bond acceptors (Lipinski definition) is 4. The molecule has 0 spiro atoms. The van der Waals surface area contributed by atoms with Crippen LogP contribution in [0.15, 0.2) is 53.4 Å². The Morgan fingerprint density at radius 1 is 1.04 bits per heavy atom. The molecule has 7 heteroatoms. The Hall–Kier alpha value is -2.41. The lowest BCUT2D eigenvalue weighted by Crippen LogP contribution is -2.11. The number of halogens is 2. The Labute approximate surface area is 139 Å². The van der Waals surface area contributed by atoms with Crippen molar-refractivity contribution in [2.45, 2.75) is 17.6 Å². The minimum absolute atomic E-state index is 0.306. The molecule has 0 aliphatic carbocycles. The second kappa shape index (κ2) is 7.44. The van der Waals surface area contributed by atoms with E-state index in [9.17, 15) is 17.2 Å². The number of rotatable bonds is 6. The highest BCUT2D eigenvalue weighted by Gasteiger charge is 2.26. The van der Waals surface area contributed by atoms with Crippen molar-refractivity contribution < 1.29 is 26.7 Å². The average Bonchev–Trinajstić information content (AvgIpc) is 2.56. The molecule has 2 rings (SSSR count). The van der Waals surface area contributed by atoms with Crippen molar-refractivity contribution in [3.63, 3.8) is 0 Å². The van der Waals surface area contributed by atoms with Crippen molar-refractivity contribution in [2.24, 2.45) is 0 Å². The maximum absolute atomic E-state index is 12.5. The highest BCUT2D eigenvalue weighted by molar-refractivity contribution is 7.91. The lowest BCUT2D eigenvalue weighted by molar-refractivity contribution is 0.234. The Balaban J connectivity index is 2.26. The fraction of sp³-hybridized carbons (Fsp3) is 0.176. The molecule has 0 heterocycles. The number of ether oxygens (including phenoxy) is 2. The fourth-order valence-electron chi connectivity index (χ4n) is 1.99. The first-order valence-corrected chi connectivity index (χ1v) is 8.54. The summed E-state index contributed by atoms with van der Waals surface area (Å²) in [7, 11) is -3.11. The van der Waals surface area contributed by atoms with E-state index in [0.29, 0.717) is 17.2 Å². The predicted molar refractivity (Wildman–Crippen MR) is 87.4 cm³/mol. The van der Waals surface area contributed by atoms with Crippen LogP contribution in [0, 0.1) is 0 Å². The van der Waals surface area contributed by atoms with Gasteiger partial charge < -0.3 is 9.47 Å². The van der Waals surface area contributed by atoms with Crippen molar-refractivity contribution in [1.82, 2.24) is 0 Å². The first-order valence-electron chi connectivity index (χ1n) is 6.99. The van der Waals surface area contributed by atoms with Gasteiger partial charge in [0, 0.05) is 0 Å². The zero-order valence-corrected chi connectivity index (χ0v) is 13.9. The largest absolute Gasteiger partial charge is 0.493 e. The minimum Gasteiger partial charge on any atom is -0.493 e. The first-order chi connectivity index (χ1) is 11.4. The van der Waals surface area contributed by atoms with Gasteiger partial charge in [0.1, 0.15) is 5.75 Å². The van der Waals surface area contributed by atoms with E-state index in [1.54, 1.807) is 12.1 Å². The van der Waals surface area contributed by atoms with Crippen LogP contribution in [0.5, 0.6) is 17.2 Å². The van der Waals surface area contributed by atoms with Crippen LogP contribution in [0.25, 0.3) is 6.08 Å². The van der Waals surface area contributed by atoms with Gasteiger partial charge in [-0.15, -0.1) is 0 Å². The van der Waals surface area contributed by atoms with E-state index in [4.69, 9.17) is 9.47 Å². The predicted octanol–water partition coefficient (Wildman–Crippen LogP) is 4.52. The normalized spacial score (nSPS) is 11.9. The molecule has 0 atom stereocenters. The molecule has 0 unspecified atom stereocenters. The van der Waals surface area contributed by atoms with Gasteiger partial charge in [-0.1, -0.05) is 18.2 Å². The van der Waals surface area contributed by atoms with Crippen molar-refractivity contribution in [2.75, 3.05) is 7.11 Å². The molecule has 0 aromatic heterocycles. The third-order valence-electron chi connectivity index (χ3n) is 3.16. The quantitative estimate of drug-likeness (QED) is 0.765. The number of sulfone groups is 1. The van der Waals surface area contributed by atoms with E-state index in [-0.39, 0.29) is 0 Å². The maximum Gasteiger partial charge on any atom is 0.341 e. The summed E-state index contributed by atoms with van der Waals surface area (Å²) in [5.74, 6) is -2.23. The van der Waals surface area contributed by atoms with Crippen LogP contribution in [-0.2, 0) is 9.84 Å². The van der Waals surface area contributed by atoms with Gasteiger partial charge >= 0.3 is 5.76 Å². The fourth-order valence-corrected chi connectivity index (χ4v) is 2.71. The number of benzene rings is 2. The summed E-state index contributed by atoms with van der Waals surface area (Å²) in [6.07, 6.45) is 3.79. The summed E-state index contributed by atoms with van der Waals surface area (Å²) in [4.78, 5) is -0.458. The summed E-state index contributed by atoms with van der Waals surface area (Å²) in [5, 5.41) is 0. The Kier molecular flexibility index (Phi) is 5.56. The summed E-state index contributed by atoms with van der Waals surface area (Å²) < 4.78 is 58.7. The van der Waals surface area contributed by atoms with Crippen molar-refractivity contribution >= 4 is 15.9 Å². The van der Waals surface area contributed by atoms with Crippen LogP contribution in [0.1, 0.15) is 12.5 Å². The highest BCUT2D eigenvalue weighted by Crippen LogP contribution is 2.33. The summed E-state index contributed by atoms with van der Waals surface area (Å²) in [6, 6.07) is 10.1. The van der Waals surface area contributed by atoms with Gasteiger partial charge in [-0.3, -0.25) is 0 Å². The molecule has 0 saturated heterocycles. The highest BCUT2D eigenvalue weighted by atomic mass is 32.2. The Morgan fingerprint density at radius 2 is 1.71 bits per heavy atom. The molecular formula is C17H16F2O4S. The summed E-state index contributed by atoms with van der Waals surface area (Å²) >= 11 is 0. The van der Waals surface area contributed by atoms with Crippen LogP contribution in [0.3, 0.4) is 0 Å². The molecule has 2 aromatic carbocycles. The number of hydrogen-bond donors (Lipinski definition) is 0. The number of alkyl halides is 2. The molecule has 0 amide bonds. The molecule has 0 saturated carbocycles. The van der Waals surface area contributed by atoms with Crippen LogP contribution in [0.4, 0.5) is 8.78 Å². The van der Waals surface area contributed by atoms with Gasteiger partial charge in [-0.05, 0) is 48.9 Å². The van der Waals surface area contributed by atoms with E-state index in [0.717, 1.165) is 17.7 Å². The zero-order chi connectivity index (χ0) is 17.7. The zero-order valence-electron chi connectivity index (χ0n) is 13.1. The number of allylic oxidation sites excluding steroid dienone is 1. The van der Waals surface area contributed by atoms with Gasteiger partial charge in [0.05, 0.1) is 12.0 Å². The van der Waals surface area contributed by atoms with E-state index in [1.165, 1.54) is 19.2 Å². The van der Waals surface area contributed by atoms with Gasteiger partial charge in [0.2, 0.25) is 9.84 Å². The van der Waals surface area contributed by atoms with E-state index >= 15 is 0 Å². The molecular weight excluding hydrogens is 338 g/mol. The number of methoxy groups -OCH3 is 1. The van der Waals surface area contributed by atoms with Crippen molar-refractivity contribution in [3.05, 3.63) is 54.1 Å². The van der Waals surface area contributed by atoms with E-state index < -0.39 is 20.5 Å². The van der Waals surface area contributed by atoms with E-state index in [2.05, 4.69) is 0 Å². The molecule has 24 heavy (non-hydrogen) atoms. The van der Waals surface area contributed by atoms with Crippen LogP contribution < -0.4 is 9.47 Å².